The molecule has 0 N–H and O–H groups in total. The predicted molar refractivity (Wildman–Crippen MR) is 56.9 cm³/mol. The van der Waals surface area contributed by atoms with E-state index in [0.29, 0.717) is 4.90 Å². The summed E-state index contributed by atoms with van der Waals surface area (Å²) < 4.78 is 21.3. The van der Waals surface area contributed by atoms with E-state index in [0.717, 1.165) is 6.42 Å². The van der Waals surface area contributed by atoms with Crippen LogP contribution in [0.2, 0.25) is 0 Å². The van der Waals surface area contributed by atoms with Crippen LogP contribution in [0.4, 0.5) is 0 Å². The van der Waals surface area contributed by atoms with Crippen molar-refractivity contribution in [3.8, 4) is 0 Å². The maximum absolute atomic E-state index is 10.6. The van der Waals surface area contributed by atoms with Crippen LogP contribution in [0.1, 0.15) is 32.8 Å². The summed E-state index contributed by atoms with van der Waals surface area (Å²) in [6, 6.07) is 7.06. The molecule has 0 bridgehead atoms. The Kier molecular flexibility index (Phi) is 6.30. The zero-order chi connectivity index (χ0) is 10.8. The molecular formula is C11H15NaO2S. The fraction of sp³-hybridized carbons (Fsp3) is 0.455. The first-order valence-corrected chi connectivity index (χ1v) is 5.74. The monoisotopic (exact) mass is 234 g/mol. The molecule has 1 aromatic carbocycles. The van der Waals surface area contributed by atoms with Gasteiger partial charge in [-0.05, 0) is 40.6 Å². The van der Waals surface area contributed by atoms with Gasteiger partial charge in [0.25, 0.3) is 0 Å². The van der Waals surface area contributed by atoms with Crippen molar-refractivity contribution in [1.82, 2.24) is 0 Å². The Morgan fingerprint density at radius 1 is 1.27 bits per heavy atom. The molecule has 1 atom stereocenters. The Hall–Kier alpha value is 0.330. The Morgan fingerprint density at radius 2 is 1.73 bits per heavy atom. The summed E-state index contributed by atoms with van der Waals surface area (Å²) >= 11 is -2.12. The summed E-state index contributed by atoms with van der Waals surface area (Å²) in [5.74, 6) is 0. The Labute approximate surface area is 116 Å². The maximum Gasteiger partial charge on any atom is 1.00 e. The van der Waals surface area contributed by atoms with Gasteiger partial charge < -0.3 is 4.55 Å². The number of hydrogen-bond donors (Lipinski definition) is 0. The van der Waals surface area contributed by atoms with Crippen molar-refractivity contribution in [2.45, 2.75) is 37.5 Å². The molecule has 4 heteroatoms. The SMILES string of the molecule is CCC(C)(C)c1ccc(S(=O)[O-])cc1.[Na+]. The molecule has 0 radical (unpaired) electrons. The number of rotatable bonds is 3. The van der Waals surface area contributed by atoms with Gasteiger partial charge in [0.15, 0.2) is 0 Å². The molecule has 0 amide bonds. The third-order valence-corrected chi connectivity index (χ3v) is 3.37. The molecule has 15 heavy (non-hydrogen) atoms. The van der Waals surface area contributed by atoms with Gasteiger partial charge in [-0.25, -0.2) is 0 Å². The van der Waals surface area contributed by atoms with Gasteiger partial charge in [-0.3, -0.25) is 4.21 Å². The van der Waals surface area contributed by atoms with Crippen LogP contribution in [0.15, 0.2) is 29.2 Å². The molecular weight excluding hydrogens is 219 g/mol. The van der Waals surface area contributed by atoms with Crippen LogP contribution in [-0.4, -0.2) is 8.76 Å². The van der Waals surface area contributed by atoms with E-state index in [9.17, 15) is 8.76 Å². The molecule has 0 heterocycles. The van der Waals surface area contributed by atoms with Crippen LogP contribution in [0, 0.1) is 0 Å². The molecule has 78 valence electrons. The molecule has 0 saturated carbocycles. The molecule has 0 aromatic heterocycles. The van der Waals surface area contributed by atoms with E-state index in [4.69, 9.17) is 0 Å². The average Bonchev–Trinajstić information content (AvgIpc) is 2.18. The van der Waals surface area contributed by atoms with Crippen molar-refractivity contribution in [2.24, 2.45) is 0 Å². The summed E-state index contributed by atoms with van der Waals surface area (Å²) in [6.45, 7) is 6.42. The van der Waals surface area contributed by atoms with Crippen molar-refractivity contribution in [1.29, 1.82) is 0 Å². The summed E-state index contributed by atoms with van der Waals surface area (Å²) in [5, 5.41) is 0. The van der Waals surface area contributed by atoms with Crippen molar-refractivity contribution < 1.29 is 38.3 Å². The van der Waals surface area contributed by atoms with Gasteiger partial charge in [-0.15, -0.1) is 0 Å². The van der Waals surface area contributed by atoms with E-state index in [1.54, 1.807) is 12.1 Å². The van der Waals surface area contributed by atoms with Crippen molar-refractivity contribution >= 4 is 11.1 Å². The van der Waals surface area contributed by atoms with E-state index in [2.05, 4.69) is 20.8 Å². The van der Waals surface area contributed by atoms with E-state index >= 15 is 0 Å². The zero-order valence-corrected chi connectivity index (χ0v) is 12.6. The molecule has 2 nitrogen and oxygen atoms in total. The van der Waals surface area contributed by atoms with Crippen LogP contribution in [0.25, 0.3) is 0 Å². The summed E-state index contributed by atoms with van der Waals surface area (Å²) in [4.78, 5) is 0.348. The summed E-state index contributed by atoms with van der Waals surface area (Å²) in [7, 11) is 0. The first-order valence-electron chi connectivity index (χ1n) is 4.67. The second kappa shape index (κ2) is 6.16. The standard InChI is InChI=1S/C11H16O2S.Na/c1-4-11(2,3)9-5-7-10(8-6-9)14(12)13;/h5-8H,4H2,1-3H3,(H,12,13);/q;+1/p-1. The van der Waals surface area contributed by atoms with Crippen molar-refractivity contribution in [2.75, 3.05) is 0 Å². The van der Waals surface area contributed by atoms with Crippen molar-refractivity contribution in [3.05, 3.63) is 29.8 Å². The van der Waals surface area contributed by atoms with E-state index in [1.807, 2.05) is 12.1 Å². The minimum Gasteiger partial charge on any atom is -0.768 e. The first kappa shape index (κ1) is 15.3. The molecule has 0 saturated heterocycles. The van der Waals surface area contributed by atoms with Gasteiger partial charge in [0.1, 0.15) is 0 Å². The second-order valence-electron chi connectivity index (χ2n) is 4.00. The van der Waals surface area contributed by atoms with Crippen molar-refractivity contribution in [3.63, 3.8) is 0 Å². The third kappa shape index (κ3) is 4.00. The molecule has 0 fully saturated rings. The molecule has 0 aliphatic carbocycles. The van der Waals surface area contributed by atoms with Gasteiger partial charge in [0.2, 0.25) is 0 Å². The fourth-order valence-corrected chi connectivity index (χ4v) is 1.58. The normalized spacial score (nSPS) is 13.1. The Morgan fingerprint density at radius 3 is 2.07 bits per heavy atom. The summed E-state index contributed by atoms with van der Waals surface area (Å²) in [6.07, 6.45) is 1.03. The van der Waals surface area contributed by atoms with Crippen LogP contribution in [0.3, 0.4) is 0 Å². The summed E-state index contributed by atoms with van der Waals surface area (Å²) in [5.41, 5.74) is 1.29. The third-order valence-electron chi connectivity index (χ3n) is 2.71. The molecule has 1 aromatic rings. The predicted octanol–water partition coefficient (Wildman–Crippen LogP) is -0.384. The average molecular weight is 234 g/mol. The quantitative estimate of drug-likeness (QED) is 0.528. The minimum atomic E-state index is -2.12. The maximum atomic E-state index is 10.6. The molecule has 0 aliphatic rings. The zero-order valence-electron chi connectivity index (χ0n) is 9.74. The molecule has 1 unspecified atom stereocenters. The van der Waals surface area contributed by atoms with Gasteiger partial charge in [-0.1, -0.05) is 32.9 Å². The van der Waals surface area contributed by atoms with E-state index in [1.165, 1.54) is 5.56 Å². The first-order chi connectivity index (χ1) is 6.47. The Bertz CT molecular complexity index is 333. The number of hydrogen-bond acceptors (Lipinski definition) is 2. The Balaban J connectivity index is 0.00000196. The van der Waals surface area contributed by atoms with Gasteiger partial charge in [0.05, 0.1) is 0 Å². The second-order valence-corrected chi connectivity index (χ2v) is 4.94. The van der Waals surface area contributed by atoms with E-state index in [-0.39, 0.29) is 35.0 Å². The van der Waals surface area contributed by atoms with Gasteiger partial charge in [-0.2, -0.15) is 0 Å². The molecule has 0 aliphatic heterocycles. The van der Waals surface area contributed by atoms with Gasteiger partial charge in [0, 0.05) is 4.90 Å². The van der Waals surface area contributed by atoms with Crippen LogP contribution >= 0.6 is 0 Å². The largest absolute Gasteiger partial charge is 1.00 e. The van der Waals surface area contributed by atoms with Crippen LogP contribution < -0.4 is 29.6 Å². The molecule has 0 spiro atoms. The topological polar surface area (TPSA) is 40.1 Å². The van der Waals surface area contributed by atoms with Crippen LogP contribution in [0.5, 0.6) is 0 Å². The van der Waals surface area contributed by atoms with E-state index < -0.39 is 11.1 Å². The number of benzene rings is 1. The smallest absolute Gasteiger partial charge is 0.768 e. The van der Waals surface area contributed by atoms with Crippen LogP contribution in [-0.2, 0) is 16.5 Å². The minimum absolute atomic E-state index is 0. The fourth-order valence-electron chi connectivity index (χ4n) is 1.22. The molecule has 1 rings (SSSR count). The van der Waals surface area contributed by atoms with Gasteiger partial charge >= 0.3 is 29.6 Å².